The van der Waals surface area contributed by atoms with Gasteiger partial charge in [0, 0.05) is 0 Å². The van der Waals surface area contributed by atoms with Crippen LogP contribution in [-0.4, -0.2) is 36.3 Å². The van der Waals surface area contributed by atoms with Crippen LogP contribution in [0, 0.1) is 0 Å². The first-order valence-corrected chi connectivity index (χ1v) is 5.48. The standard InChI is InChI=1S/C11H7N5O4/c17-9-7-8(10(18)14-13-9)16(15-12-7)6-3-1-5(2-4-6)11(19)20/h1-4H,(H,13,17)(H,14,18)(H,19,20). The predicted molar refractivity (Wildman–Crippen MR) is 67.1 cm³/mol. The molecular formula is C11H7N5O4. The molecule has 0 saturated heterocycles. The fraction of sp³-hybridized carbons (Fsp3) is 0. The number of aromatic nitrogens is 5. The number of hydrogen-bond acceptors (Lipinski definition) is 5. The number of hydrogen-bond donors (Lipinski definition) is 3. The number of carboxylic acids is 1. The summed E-state index contributed by atoms with van der Waals surface area (Å²) in [6.45, 7) is 0. The molecule has 3 aromatic rings. The van der Waals surface area contributed by atoms with Gasteiger partial charge in [-0.05, 0) is 24.3 Å². The molecular weight excluding hydrogens is 266 g/mol. The molecule has 20 heavy (non-hydrogen) atoms. The molecule has 0 bridgehead atoms. The Bertz CT molecular complexity index is 918. The van der Waals surface area contributed by atoms with Crippen LogP contribution >= 0.6 is 0 Å². The van der Waals surface area contributed by atoms with Gasteiger partial charge in [-0.25, -0.2) is 9.48 Å². The maximum absolute atomic E-state index is 11.7. The maximum Gasteiger partial charge on any atom is 0.335 e. The summed E-state index contributed by atoms with van der Waals surface area (Å²) < 4.78 is 1.18. The van der Waals surface area contributed by atoms with E-state index in [9.17, 15) is 14.4 Å². The van der Waals surface area contributed by atoms with Crippen LogP contribution in [0.15, 0.2) is 33.9 Å². The third-order valence-corrected chi connectivity index (χ3v) is 2.75. The molecule has 0 unspecified atom stereocenters. The summed E-state index contributed by atoms with van der Waals surface area (Å²) in [5.74, 6) is -1.06. The summed E-state index contributed by atoms with van der Waals surface area (Å²) in [6.07, 6.45) is 0. The van der Waals surface area contributed by atoms with E-state index in [0.717, 1.165) is 0 Å². The Morgan fingerprint density at radius 2 is 1.75 bits per heavy atom. The van der Waals surface area contributed by atoms with Crippen molar-refractivity contribution >= 4 is 17.0 Å². The number of fused-ring (bicyclic) bond motifs is 1. The fourth-order valence-electron chi connectivity index (χ4n) is 1.80. The first-order chi connectivity index (χ1) is 9.58. The summed E-state index contributed by atoms with van der Waals surface area (Å²) in [7, 11) is 0. The highest BCUT2D eigenvalue weighted by Crippen LogP contribution is 2.11. The van der Waals surface area contributed by atoms with Crippen molar-refractivity contribution in [2.75, 3.05) is 0 Å². The third kappa shape index (κ3) is 1.68. The van der Waals surface area contributed by atoms with Crippen molar-refractivity contribution in [2.45, 2.75) is 0 Å². The van der Waals surface area contributed by atoms with Gasteiger partial charge in [-0.3, -0.25) is 19.8 Å². The minimum absolute atomic E-state index is 0.00294. The van der Waals surface area contributed by atoms with Crippen molar-refractivity contribution in [3.8, 4) is 5.69 Å². The van der Waals surface area contributed by atoms with Gasteiger partial charge in [0.15, 0.2) is 11.0 Å². The Labute approximate surface area is 109 Å². The molecule has 0 aliphatic heterocycles. The Hall–Kier alpha value is -3.23. The molecule has 0 amide bonds. The van der Waals surface area contributed by atoms with E-state index < -0.39 is 17.1 Å². The highest BCUT2D eigenvalue weighted by molar-refractivity contribution is 5.87. The molecule has 1 aromatic carbocycles. The van der Waals surface area contributed by atoms with Crippen LogP contribution in [0.1, 0.15) is 10.4 Å². The van der Waals surface area contributed by atoms with E-state index in [1.807, 2.05) is 0 Å². The van der Waals surface area contributed by atoms with Crippen LogP contribution in [0.5, 0.6) is 0 Å². The lowest BCUT2D eigenvalue weighted by Gasteiger charge is -2.01. The highest BCUT2D eigenvalue weighted by Gasteiger charge is 2.13. The summed E-state index contributed by atoms with van der Waals surface area (Å²) >= 11 is 0. The number of nitrogens with zero attached hydrogens (tertiary/aromatic N) is 3. The molecule has 2 heterocycles. The van der Waals surface area contributed by atoms with Gasteiger partial charge >= 0.3 is 5.97 Å². The monoisotopic (exact) mass is 273 g/mol. The third-order valence-electron chi connectivity index (χ3n) is 2.75. The number of carboxylic acid groups (broad SMARTS) is 1. The van der Waals surface area contributed by atoms with E-state index in [1.165, 1.54) is 28.9 Å². The average Bonchev–Trinajstić information content (AvgIpc) is 2.89. The minimum atomic E-state index is -1.06. The Kier molecular flexibility index (Phi) is 2.46. The lowest BCUT2D eigenvalue weighted by Crippen LogP contribution is -2.20. The molecule has 3 rings (SSSR count). The second-order valence-electron chi connectivity index (χ2n) is 3.96. The number of benzene rings is 1. The van der Waals surface area contributed by atoms with Gasteiger partial charge in [0.25, 0.3) is 11.1 Å². The second-order valence-corrected chi connectivity index (χ2v) is 3.96. The van der Waals surface area contributed by atoms with Crippen LogP contribution in [0.4, 0.5) is 0 Å². The summed E-state index contributed by atoms with van der Waals surface area (Å²) in [6, 6.07) is 5.68. The van der Waals surface area contributed by atoms with E-state index in [1.54, 1.807) is 0 Å². The largest absolute Gasteiger partial charge is 0.478 e. The molecule has 9 heteroatoms. The first kappa shape index (κ1) is 11.8. The van der Waals surface area contributed by atoms with E-state index in [2.05, 4.69) is 20.5 Å². The maximum atomic E-state index is 11.7. The van der Waals surface area contributed by atoms with E-state index >= 15 is 0 Å². The molecule has 0 atom stereocenters. The Morgan fingerprint density at radius 3 is 2.40 bits per heavy atom. The first-order valence-electron chi connectivity index (χ1n) is 5.48. The molecule has 9 nitrogen and oxygen atoms in total. The molecule has 0 fully saturated rings. The number of H-pyrrole nitrogens is 2. The van der Waals surface area contributed by atoms with Crippen LogP contribution in [0.25, 0.3) is 16.7 Å². The fourth-order valence-corrected chi connectivity index (χ4v) is 1.80. The van der Waals surface area contributed by atoms with Crippen LogP contribution in [-0.2, 0) is 0 Å². The van der Waals surface area contributed by atoms with Crippen LogP contribution in [0.3, 0.4) is 0 Å². The van der Waals surface area contributed by atoms with E-state index in [0.29, 0.717) is 5.69 Å². The molecule has 2 aromatic heterocycles. The Balaban J connectivity index is 2.25. The molecule has 0 radical (unpaired) electrons. The lowest BCUT2D eigenvalue weighted by molar-refractivity contribution is 0.0697. The van der Waals surface area contributed by atoms with Crippen molar-refractivity contribution in [3.05, 3.63) is 50.5 Å². The minimum Gasteiger partial charge on any atom is -0.478 e. The molecule has 0 aliphatic rings. The Morgan fingerprint density at radius 1 is 1.10 bits per heavy atom. The molecule has 0 saturated carbocycles. The smallest absolute Gasteiger partial charge is 0.335 e. The number of aromatic carboxylic acids is 1. The van der Waals surface area contributed by atoms with E-state index in [4.69, 9.17) is 5.11 Å². The van der Waals surface area contributed by atoms with Crippen molar-refractivity contribution in [1.82, 2.24) is 25.2 Å². The van der Waals surface area contributed by atoms with Gasteiger partial charge in [0.05, 0.1) is 11.3 Å². The SMILES string of the molecule is O=C(O)c1ccc(-n2nnc3c(=O)[nH][nH]c(=O)c32)cc1. The summed E-state index contributed by atoms with van der Waals surface area (Å²) in [5.41, 5.74) is -0.675. The number of carbonyl (C=O) groups is 1. The van der Waals surface area contributed by atoms with Crippen molar-refractivity contribution in [1.29, 1.82) is 0 Å². The average molecular weight is 273 g/mol. The summed E-state index contributed by atoms with van der Waals surface area (Å²) in [4.78, 5) is 34.0. The topological polar surface area (TPSA) is 134 Å². The zero-order chi connectivity index (χ0) is 14.3. The number of aromatic amines is 2. The zero-order valence-electron chi connectivity index (χ0n) is 9.82. The van der Waals surface area contributed by atoms with Crippen molar-refractivity contribution in [3.63, 3.8) is 0 Å². The van der Waals surface area contributed by atoms with Gasteiger partial charge in [-0.2, -0.15) is 0 Å². The van der Waals surface area contributed by atoms with Gasteiger partial charge in [-0.15, -0.1) is 5.10 Å². The predicted octanol–water partition coefficient (Wildman–Crippen LogP) is -0.505. The molecule has 100 valence electrons. The van der Waals surface area contributed by atoms with E-state index in [-0.39, 0.29) is 16.6 Å². The molecule has 0 aliphatic carbocycles. The molecule has 3 N–H and O–H groups in total. The van der Waals surface area contributed by atoms with Gasteiger partial charge in [-0.1, -0.05) is 5.21 Å². The molecule has 0 spiro atoms. The van der Waals surface area contributed by atoms with Gasteiger partial charge in [0.1, 0.15) is 0 Å². The normalized spacial score (nSPS) is 10.8. The second kappa shape index (κ2) is 4.16. The van der Waals surface area contributed by atoms with Crippen molar-refractivity contribution < 1.29 is 9.90 Å². The number of nitrogens with one attached hydrogen (secondary N) is 2. The van der Waals surface area contributed by atoms with Crippen LogP contribution < -0.4 is 11.1 Å². The quantitative estimate of drug-likeness (QED) is 0.576. The zero-order valence-corrected chi connectivity index (χ0v) is 9.82. The highest BCUT2D eigenvalue weighted by atomic mass is 16.4. The lowest BCUT2D eigenvalue weighted by atomic mass is 10.2. The van der Waals surface area contributed by atoms with Gasteiger partial charge < -0.3 is 5.11 Å². The van der Waals surface area contributed by atoms with Crippen LogP contribution in [0.2, 0.25) is 0 Å². The van der Waals surface area contributed by atoms with Crippen molar-refractivity contribution in [2.24, 2.45) is 0 Å². The number of rotatable bonds is 2. The van der Waals surface area contributed by atoms with Gasteiger partial charge in [0.2, 0.25) is 0 Å². The summed E-state index contributed by atoms with van der Waals surface area (Å²) in [5, 5.41) is 20.5.